The van der Waals surface area contributed by atoms with Crippen LogP contribution in [0.2, 0.25) is 5.02 Å². The van der Waals surface area contributed by atoms with Gasteiger partial charge in [0.2, 0.25) is 0 Å². The summed E-state index contributed by atoms with van der Waals surface area (Å²) in [6.45, 7) is 0. The summed E-state index contributed by atoms with van der Waals surface area (Å²) in [6.07, 6.45) is 4.82. The second-order valence-corrected chi connectivity index (χ2v) is 4.74. The lowest BCUT2D eigenvalue weighted by atomic mass is 9.99. The molecule has 1 saturated carbocycles. The molecule has 1 N–H and O–H groups in total. The average Bonchev–Trinajstić information content (AvgIpc) is 2.79. The van der Waals surface area contributed by atoms with Crippen molar-refractivity contribution in [2.24, 2.45) is 5.92 Å². The van der Waals surface area contributed by atoms with Crippen molar-refractivity contribution in [3.8, 4) is 6.07 Å². The van der Waals surface area contributed by atoms with Gasteiger partial charge in [-0.25, -0.2) is 0 Å². The maximum Gasteiger partial charge on any atom is 0.117 e. The number of hydrogen-bond donors (Lipinski definition) is 1. The molecule has 0 aromatic heterocycles. The molecule has 0 aliphatic heterocycles. The van der Waals surface area contributed by atoms with E-state index in [1.165, 1.54) is 12.8 Å². The minimum absolute atomic E-state index is 0.0824. The SMILES string of the molecule is N#CC(Nc1cccc(Cl)c1)C1CCCC1. The van der Waals surface area contributed by atoms with E-state index in [2.05, 4.69) is 11.4 Å². The summed E-state index contributed by atoms with van der Waals surface area (Å²) in [4.78, 5) is 0. The summed E-state index contributed by atoms with van der Waals surface area (Å²) in [7, 11) is 0. The first-order valence-electron chi connectivity index (χ1n) is 5.71. The minimum atomic E-state index is -0.0824. The number of benzene rings is 1. The summed E-state index contributed by atoms with van der Waals surface area (Å²) in [5.74, 6) is 0.490. The van der Waals surface area contributed by atoms with Gasteiger partial charge in [0.15, 0.2) is 0 Å². The van der Waals surface area contributed by atoms with E-state index in [0.717, 1.165) is 18.5 Å². The van der Waals surface area contributed by atoms with Crippen LogP contribution in [0.4, 0.5) is 5.69 Å². The molecule has 1 unspecified atom stereocenters. The highest BCUT2D eigenvalue weighted by Gasteiger charge is 2.24. The Bertz CT molecular complexity index is 391. The molecule has 0 saturated heterocycles. The van der Waals surface area contributed by atoms with Crippen LogP contribution in [-0.2, 0) is 0 Å². The Balaban J connectivity index is 2.04. The van der Waals surface area contributed by atoms with Gasteiger partial charge in [-0.3, -0.25) is 0 Å². The molecule has 1 aliphatic carbocycles. The topological polar surface area (TPSA) is 35.8 Å². The first kappa shape index (κ1) is 11.3. The van der Waals surface area contributed by atoms with Crippen molar-refractivity contribution in [1.29, 1.82) is 5.26 Å². The lowest BCUT2D eigenvalue weighted by Gasteiger charge is -2.19. The molecular formula is C13H15ClN2. The largest absolute Gasteiger partial charge is 0.370 e. The van der Waals surface area contributed by atoms with Gasteiger partial charge < -0.3 is 5.32 Å². The first-order valence-corrected chi connectivity index (χ1v) is 6.09. The third-order valence-corrected chi connectivity index (χ3v) is 3.39. The molecule has 1 aliphatic rings. The summed E-state index contributed by atoms with van der Waals surface area (Å²) in [6, 6.07) is 9.82. The first-order chi connectivity index (χ1) is 7.79. The van der Waals surface area contributed by atoms with Crippen LogP contribution >= 0.6 is 11.6 Å². The van der Waals surface area contributed by atoms with Crippen molar-refractivity contribution >= 4 is 17.3 Å². The number of anilines is 1. The molecule has 0 amide bonds. The summed E-state index contributed by atoms with van der Waals surface area (Å²) in [5.41, 5.74) is 0.936. The van der Waals surface area contributed by atoms with E-state index in [9.17, 15) is 5.26 Å². The molecule has 1 fully saturated rings. The van der Waals surface area contributed by atoms with Gasteiger partial charge >= 0.3 is 0 Å². The van der Waals surface area contributed by atoms with E-state index >= 15 is 0 Å². The Hall–Kier alpha value is -1.20. The number of hydrogen-bond acceptors (Lipinski definition) is 2. The maximum atomic E-state index is 9.17. The Morgan fingerprint density at radius 3 is 2.75 bits per heavy atom. The summed E-state index contributed by atoms with van der Waals surface area (Å²) in [5, 5.41) is 13.1. The van der Waals surface area contributed by atoms with Gasteiger partial charge in [-0.05, 0) is 37.0 Å². The molecule has 0 radical (unpaired) electrons. The van der Waals surface area contributed by atoms with Crippen LogP contribution < -0.4 is 5.32 Å². The van der Waals surface area contributed by atoms with E-state index in [0.29, 0.717) is 10.9 Å². The number of halogens is 1. The smallest absolute Gasteiger partial charge is 0.117 e. The highest BCUT2D eigenvalue weighted by atomic mass is 35.5. The van der Waals surface area contributed by atoms with Crippen LogP contribution in [0.1, 0.15) is 25.7 Å². The molecule has 2 rings (SSSR count). The van der Waals surface area contributed by atoms with E-state index in [1.807, 2.05) is 24.3 Å². The van der Waals surface area contributed by atoms with Crippen molar-refractivity contribution in [1.82, 2.24) is 0 Å². The van der Waals surface area contributed by atoms with Gasteiger partial charge in [-0.1, -0.05) is 30.5 Å². The molecule has 16 heavy (non-hydrogen) atoms. The number of nitrogens with zero attached hydrogens (tertiary/aromatic N) is 1. The third kappa shape index (κ3) is 2.68. The van der Waals surface area contributed by atoms with Crippen LogP contribution in [0.25, 0.3) is 0 Å². The second-order valence-electron chi connectivity index (χ2n) is 4.31. The molecular weight excluding hydrogens is 220 g/mol. The standard InChI is InChI=1S/C13H15ClN2/c14-11-6-3-7-12(8-11)16-13(9-15)10-4-1-2-5-10/h3,6-8,10,13,16H,1-2,4-5H2. The summed E-state index contributed by atoms with van der Waals surface area (Å²) < 4.78 is 0. The Kier molecular flexibility index (Phi) is 3.69. The van der Waals surface area contributed by atoms with Gasteiger partial charge in [0.25, 0.3) is 0 Å². The highest BCUT2D eigenvalue weighted by Crippen LogP contribution is 2.29. The fraction of sp³-hybridized carbons (Fsp3) is 0.462. The van der Waals surface area contributed by atoms with Crippen LogP contribution in [0.3, 0.4) is 0 Å². The lowest BCUT2D eigenvalue weighted by Crippen LogP contribution is -2.25. The Morgan fingerprint density at radius 2 is 2.12 bits per heavy atom. The number of nitrogens with one attached hydrogen (secondary N) is 1. The number of rotatable bonds is 3. The van der Waals surface area contributed by atoms with Crippen LogP contribution in [0, 0.1) is 17.2 Å². The van der Waals surface area contributed by atoms with Gasteiger partial charge in [-0.15, -0.1) is 0 Å². The monoisotopic (exact) mass is 234 g/mol. The molecule has 0 bridgehead atoms. The van der Waals surface area contributed by atoms with Crippen molar-refractivity contribution in [3.05, 3.63) is 29.3 Å². The molecule has 3 heteroatoms. The zero-order valence-corrected chi connectivity index (χ0v) is 9.87. The van der Waals surface area contributed by atoms with E-state index in [4.69, 9.17) is 11.6 Å². The van der Waals surface area contributed by atoms with Crippen LogP contribution in [0.5, 0.6) is 0 Å². The van der Waals surface area contributed by atoms with Crippen LogP contribution in [0.15, 0.2) is 24.3 Å². The average molecular weight is 235 g/mol. The normalized spacial score (nSPS) is 18.0. The Morgan fingerprint density at radius 1 is 1.38 bits per heavy atom. The van der Waals surface area contributed by atoms with Gasteiger partial charge in [0.1, 0.15) is 6.04 Å². The summed E-state index contributed by atoms with van der Waals surface area (Å²) >= 11 is 5.91. The minimum Gasteiger partial charge on any atom is -0.370 e. The van der Waals surface area contributed by atoms with Crippen molar-refractivity contribution < 1.29 is 0 Å². The van der Waals surface area contributed by atoms with Crippen molar-refractivity contribution in [2.45, 2.75) is 31.7 Å². The highest BCUT2D eigenvalue weighted by molar-refractivity contribution is 6.30. The molecule has 84 valence electrons. The fourth-order valence-corrected chi connectivity index (χ4v) is 2.49. The number of nitriles is 1. The molecule has 2 nitrogen and oxygen atoms in total. The Labute approximate surface area is 101 Å². The van der Waals surface area contributed by atoms with Crippen LogP contribution in [-0.4, -0.2) is 6.04 Å². The molecule has 1 aromatic rings. The molecule has 1 atom stereocenters. The quantitative estimate of drug-likeness (QED) is 0.863. The van der Waals surface area contributed by atoms with E-state index in [1.54, 1.807) is 0 Å². The maximum absolute atomic E-state index is 9.17. The fourth-order valence-electron chi connectivity index (χ4n) is 2.30. The van der Waals surface area contributed by atoms with E-state index < -0.39 is 0 Å². The molecule has 0 spiro atoms. The van der Waals surface area contributed by atoms with Crippen molar-refractivity contribution in [2.75, 3.05) is 5.32 Å². The zero-order chi connectivity index (χ0) is 11.4. The van der Waals surface area contributed by atoms with Gasteiger partial charge in [-0.2, -0.15) is 5.26 Å². The van der Waals surface area contributed by atoms with E-state index in [-0.39, 0.29) is 6.04 Å². The van der Waals surface area contributed by atoms with Gasteiger partial charge in [0, 0.05) is 10.7 Å². The lowest BCUT2D eigenvalue weighted by molar-refractivity contribution is 0.520. The molecule has 0 heterocycles. The predicted octanol–water partition coefficient (Wildman–Crippen LogP) is 3.83. The van der Waals surface area contributed by atoms with Crippen molar-refractivity contribution in [3.63, 3.8) is 0 Å². The molecule has 1 aromatic carbocycles. The van der Waals surface area contributed by atoms with Gasteiger partial charge in [0.05, 0.1) is 6.07 Å². The second kappa shape index (κ2) is 5.23. The third-order valence-electron chi connectivity index (χ3n) is 3.16. The zero-order valence-electron chi connectivity index (χ0n) is 9.12. The predicted molar refractivity (Wildman–Crippen MR) is 66.4 cm³/mol.